The number of hydrogen-bond donors (Lipinski definition) is 4. The Morgan fingerprint density at radius 2 is 1.73 bits per heavy atom. The maximum absolute atomic E-state index is 10.9. The normalized spacial score (nSPS) is 15.4. The van der Waals surface area contributed by atoms with Crippen molar-refractivity contribution in [3.8, 4) is 0 Å². The Labute approximate surface area is 184 Å². The smallest absolute Gasteiger partial charge is 0.321 e. The molecule has 0 unspecified atom stereocenters. The zero-order valence-corrected chi connectivity index (χ0v) is 18.7. The molecule has 0 amide bonds. The molecule has 0 bridgehead atoms. The van der Waals surface area contributed by atoms with Crippen molar-refractivity contribution < 1.29 is 24.9 Å². The molecule has 6 nitrogen and oxygen atoms in total. The van der Waals surface area contributed by atoms with E-state index in [-0.39, 0.29) is 17.4 Å². The van der Waals surface area contributed by atoms with Gasteiger partial charge in [0.2, 0.25) is 0 Å². The van der Waals surface area contributed by atoms with E-state index in [0.29, 0.717) is 12.8 Å². The Morgan fingerprint density at radius 3 is 2.40 bits per heavy atom. The molecule has 0 radical (unpaired) electrons. The molecule has 0 heterocycles. The van der Waals surface area contributed by atoms with Gasteiger partial charge in [-0.2, -0.15) is 0 Å². The molecule has 170 valence electrons. The summed E-state index contributed by atoms with van der Waals surface area (Å²) in [5.74, 6) is -1.55. The van der Waals surface area contributed by atoms with Crippen molar-refractivity contribution in [1.82, 2.24) is 0 Å². The molecule has 5 N–H and O–H groups in total. The van der Waals surface area contributed by atoms with Crippen LogP contribution in [0.1, 0.15) is 58.3 Å². The van der Waals surface area contributed by atoms with Crippen LogP contribution >= 0.6 is 11.8 Å². The molecular formula is C23H37NO5S. The van der Waals surface area contributed by atoms with Gasteiger partial charge >= 0.3 is 11.9 Å². The number of unbranched alkanes of at least 4 members (excludes halogenated alkanes) is 3. The molecular weight excluding hydrogens is 402 g/mol. The number of carboxylic acid groups (broad SMARTS) is 2. The summed E-state index contributed by atoms with van der Waals surface area (Å²) in [6.45, 7) is 2.11. The van der Waals surface area contributed by atoms with Gasteiger partial charge in [-0.1, -0.05) is 74.8 Å². The number of aliphatic carboxylic acids is 2. The first-order valence-electron chi connectivity index (χ1n) is 10.5. The number of nitrogens with two attached hydrogens (primary N) is 1. The Kier molecular flexibility index (Phi) is 18.0. The lowest BCUT2D eigenvalue weighted by Crippen LogP contribution is -2.34. The average Bonchev–Trinajstić information content (AvgIpc) is 2.70. The lowest BCUT2D eigenvalue weighted by molar-refractivity contribution is -0.138. The van der Waals surface area contributed by atoms with Crippen LogP contribution in [-0.4, -0.2) is 50.4 Å². The number of rotatable bonds is 18. The van der Waals surface area contributed by atoms with Crippen molar-refractivity contribution in [3.05, 3.63) is 48.6 Å². The van der Waals surface area contributed by atoms with E-state index >= 15 is 0 Å². The fourth-order valence-electron chi connectivity index (χ4n) is 2.47. The molecule has 7 heteroatoms. The maximum atomic E-state index is 10.9. The van der Waals surface area contributed by atoms with Gasteiger partial charge in [0.1, 0.15) is 6.04 Å². The molecule has 0 saturated heterocycles. The minimum Gasteiger partial charge on any atom is -0.481 e. The first-order chi connectivity index (χ1) is 14.4. The van der Waals surface area contributed by atoms with Crippen molar-refractivity contribution in [3.63, 3.8) is 0 Å². The Bertz CT molecular complexity index is 586. The van der Waals surface area contributed by atoms with Crippen LogP contribution in [0.15, 0.2) is 48.6 Å². The van der Waals surface area contributed by atoms with Gasteiger partial charge in [0.05, 0.1) is 6.10 Å². The number of hydrogen-bond acceptors (Lipinski definition) is 5. The van der Waals surface area contributed by atoms with Crippen LogP contribution in [0.4, 0.5) is 0 Å². The molecule has 0 aromatic carbocycles. The Balaban J connectivity index is 4.42. The summed E-state index contributed by atoms with van der Waals surface area (Å²) >= 11 is 1.37. The third-order valence-electron chi connectivity index (χ3n) is 4.24. The number of carbonyl (C=O) groups is 2. The highest BCUT2D eigenvalue weighted by molar-refractivity contribution is 8.00. The van der Waals surface area contributed by atoms with Crippen LogP contribution < -0.4 is 5.73 Å². The SMILES string of the molecule is CCCCC[C@H](O)[C@@H](/C=C/C=C/C=C/C/C=C/CCCC(=O)O)SC[C@H](N)C(=O)O. The largest absolute Gasteiger partial charge is 0.481 e. The molecule has 0 saturated carbocycles. The molecule has 3 atom stereocenters. The van der Waals surface area contributed by atoms with Gasteiger partial charge in [0.15, 0.2) is 0 Å². The Morgan fingerprint density at radius 1 is 1.00 bits per heavy atom. The minimum absolute atomic E-state index is 0.198. The standard InChI is InChI=1S/C23H37NO5S/c1-2-3-12-15-20(25)21(30-18-19(24)23(28)29)16-13-10-8-6-4-5-7-9-11-14-17-22(26)27/h4,6-10,13,16,19-21,25H,2-3,5,11-12,14-15,17-18,24H2,1H3,(H,26,27)(H,28,29)/b6-4+,9-7+,10-8+,16-13+/t19-,20-,21+/m0/s1. The molecule has 0 aromatic heterocycles. The van der Waals surface area contributed by atoms with Crippen molar-refractivity contribution >= 4 is 23.7 Å². The van der Waals surface area contributed by atoms with Gasteiger partial charge in [-0.3, -0.25) is 9.59 Å². The monoisotopic (exact) mass is 439 g/mol. The fraction of sp³-hybridized carbons (Fsp3) is 0.565. The second-order valence-corrected chi connectivity index (χ2v) is 8.21. The van der Waals surface area contributed by atoms with Crippen LogP contribution in [0.2, 0.25) is 0 Å². The second kappa shape index (κ2) is 19.2. The van der Waals surface area contributed by atoms with Gasteiger partial charge < -0.3 is 21.1 Å². The highest BCUT2D eigenvalue weighted by atomic mass is 32.2. The third kappa shape index (κ3) is 17.1. The zero-order valence-electron chi connectivity index (χ0n) is 17.9. The average molecular weight is 440 g/mol. The van der Waals surface area contributed by atoms with E-state index in [1.807, 2.05) is 48.6 Å². The quantitative estimate of drug-likeness (QED) is 0.143. The van der Waals surface area contributed by atoms with Crippen molar-refractivity contribution in [2.45, 2.75) is 75.7 Å². The summed E-state index contributed by atoms with van der Waals surface area (Å²) < 4.78 is 0. The van der Waals surface area contributed by atoms with E-state index in [1.165, 1.54) is 11.8 Å². The fourth-order valence-corrected chi connectivity index (χ4v) is 3.60. The number of aliphatic hydroxyl groups is 1. The van der Waals surface area contributed by atoms with Crippen LogP contribution in [-0.2, 0) is 9.59 Å². The van der Waals surface area contributed by atoms with Crippen LogP contribution in [0, 0.1) is 0 Å². The van der Waals surface area contributed by atoms with E-state index in [9.17, 15) is 14.7 Å². The number of carboxylic acids is 2. The highest BCUT2D eigenvalue weighted by Gasteiger charge is 2.20. The zero-order chi connectivity index (χ0) is 22.6. The molecule has 0 spiro atoms. The van der Waals surface area contributed by atoms with Gasteiger partial charge in [-0.05, 0) is 25.7 Å². The molecule has 0 aliphatic rings. The van der Waals surface area contributed by atoms with Crippen LogP contribution in [0.5, 0.6) is 0 Å². The molecule has 0 rings (SSSR count). The van der Waals surface area contributed by atoms with E-state index in [4.69, 9.17) is 15.9 Å². The highest BCUT2D eigenvalue weighted by Crippen LogP contribution is 2.21. The van der Waals surface area contributed by atoms with E-state index < -0.39 is 24.1 Å². The van der Waals surface area contributed by atoms with Gasteiger partial charge in [0, 0.05) is 17.4 Å². The summed E-state index contributed by atoms with van der Waals surface area (Å²) in [6.07, 6.45) is 21.1. The molecule has 0 fully saturated rings. The topological polar surface area (TPSA) is 121 Å². The van der Waals surface area contributed by atoms with Crippen LogP contribution in [0.3, 0.4) is 0 Å². The second-order valence-electron chi connectivity index (χ2n) is 7.00. The minimum atomic E-state index is -1.04. The summed E-state index contributed by atoms with van der Waals surface area (Å²) in [7, 11) is 0. The van der Waals surface area contributed by atoms with Gasteiger partial charge in [-0.25, -0.2) is 0 Å². The predicted molar refractivity (Wildman–Crippen MR) is 125 cm³/mol. The Hall–Kier alpha value is -1.83. The van der Waals surface area contributed by atoms with Gasteiger partial charge in [0.25, 0.3) is 0 Å². The lowest BCUT2D eigenvalue weighted by atomic mass is 10.1. The predicted octanol–water partition coefficient (Wildman–Crippen LogP) is 4.31. The van der Waals surface area contributed by atoms with Crippen molar-refractivity contribution in [2.24, 2.45) is 5.73 Å². The van der Waals surface area contributed by atoms with Gasteiger partial charge in [-0.15, -0.1) is 11.8 Å². The number of allylic oxidation sites excluding steroid dienone is 7. The first kappa shape index (κ1) is 28.2. The summed E-state index contributed by atoms with van der Waals surface area (Å²) in [5, 5.41) is 27.7. The molecule has 0 aliphatic heterocycles. The molecule has 30 heavy (non-hydrogen) atoms. The maximum Gasteiger partial charge on any atom is 0.321 e. The summed E-state index contributed by atoms with van der Waals surface area (Å²) in [6, 6.07) is -0.940. The van der Waals surface area contributed by atoms with E-state index in [2.05, 4.69) is 6.92 Å². The summed E-state index contributed by atoms with van der Waals surface area (Å²) in [4.78, 5) is 21.3. The number of thioether (sulfide) groups is 1. The number of aliphatic hydroxyl groups excluding tert-OH is 1. The first-order valence-corrected chi connectivity index (χ1v) is 11.6. The van der Waals surface area contributed by atoms with Crippen LogP contribution in [0.25, 0.3) is 0 Å². The molecule has 0 aliphatic carbocycles. The summed E-state index contributed by atoms with van der Waals surface area (Å²) in [5.41, 5.74) is 5.58. The third-order valence-corrected chi connectivity index (χ3v) is 5.65. The van der Waals surface area contributed by atoms with Crippen molar-refractivity contribution in [2.75, 3.05) is 5.75 Å². The van der Waals surface area contributed by atoms with E-state index in [1.54, 1.807) is 0 Å². The van der Waals surface area contributed by atoms with E-state index in [0.717, 1.165) is 32.1 Å². The lowest BCUT2D eigenvalue weighted by Gasteiger charge is -2.20. The molecule has 0 aromatic rings. The van der Waals surface area contributed by atoms with Crippen molar-refractivity contribution in [1.29, 1.82) is 0 Å².